The molecule has 16 heavy (non-hydrogen) atoms. The fourth-order valence-corrected chi connectivity index (χ4v) is 3.10. The average molecular weight is 367 g/mol. The number of hydrogen-bond donors (Lipinski definition) is 1. The topological polar surface area (TPSA) is 51.0 Å². The molecule has 0 saturated heterocycles. The molecule has 4 nitrogen and oxygen atoms in total. The first kappa shape index (κ1) is 12.2. The summed E-state index contributed by atoms with van der Waals surface area (Å²) in [5.74, 6) is 1.30. The van der Waals surface area contributed by atoms with E-state index in [9.17, 15) is 0 Å². The van der Waals surface area contributed by atoms with E-state index in [1.165, 1.54) is 0 Å². The standard InChI is InChI=1S/C9H9Br2N3OS/c1-12-3-2-7-13-9(15-14-7)6-4-5(10)8(11)16-6/h4,12H,2-3H2,1H3. The van der Waals surface area contributed by atoms with E-state index in [2.05, 4.69) is 47.3 Å². The molecule has 0 aromatic carbocycles. The van der Waals surface area contributed by atoms with Gasteiger partial charge in [0.2, 0.25) is 0 Å². The largest absolute Gasteiger partial charge is 0.333 e. The van der Waals surface area contributed by atoms with Crippen LogP contribution in [0.5, 0.6) is 0 Å². The van der Waals surface area contributed by atoms with Crippen molar-refractivity contribution in [1.82, 2.24) is 15.5 Å². The Morgan fingerprint density at radius 2 is 2.31 bits per heavy atom. The van der Waals surface area contributed by atoms with Crippen LogP contribution >= 0.6 is 43.2 Å². The molecule has 0 atom stereocenters. The van der Waals surface area contributed by atoms with Crippen LogP contribution in [0.2, 0.25) is 0 Å². The van der Waals surface area contributed by atoms with Gasteiger partial charge in [-0.3, -0.25) is 0 Å². The van der Waals surface area contributed by atoms with Gasteiger partial charge in [0.1, 0.15) is 0 Å². The zero-order valence-corrected chi connectivity index (χ0v) is 12.4. The average Bonchev–Trinajstić information content (AvgIpc) is 2.84. The normalized spacial score (nSPS) is 10.9. The lowest BCUT2D eigenvalue weighted by atomic mass is 10.4. The van der Waals surface area contributed by atoms with Crippen molar-refractivity contribution in [1.29, 1.82) is 0 Å². The second kappa shape index (κ2) is 5.39. The molecule has 0 amide bonds. The molecule has 0 spiro atoms. The summed E-state index contributed by atoms with van der Waals surface area (Å²) in [6.07, 6.45) is 0.772. The highest BCUT2D eigenvalue weighted by atomic mass is 79.9. The number of rotatable bonds is 4. The van der Waals surface area contributed by atoms with Crippen molar-refractivity contribution >= 4 is 43.2 Å². The Balaban J connectivity index is 2.18. The Kier molecular flexibility index (Phi) is 4.12. The number of halogens is 2. The Hall–Kier alpha value is -0.240. The maximum Gasteiger partial charge on any atom is 0.268 e. The van der Waals surface area contributed by atoms with E-state index >= 15 is 0 Å². The zero-order chi connectivity index (χ0) is 11.5. The summed E-state index contributed by atoms with van der Waals surface area (Å²) in [6.45, 7) is 0.844. The van der Waals surface area contributed by atoms with Gasteiger partial charge in [-0.1, -0.05) is 5.16 Å². The molecule has 2 rings (SSSR count). The third-order valence-corrected chi connectivity index (χ3v) is 5.17. The SMILES string of the molecule is CNCCc1noc(-c2cc(Br)c(Br)s2)n1. The van der Waals surface area contributed by atoms with E-state index in [-0.39, 0.29) is 0 Å². The maximum atomic E-state index is 5.20. The second-order valence-corrected chi connectivity index (χ2v) is 6.33. The van der Waals surface area contributed by atoms with Crippen molar-refractivity contribution in [3.05, 3.63) is 20.1 Å². The fourth-order valence-electron chi connectivity index (χ4n) is 1.14. The third-order valence-electron chi connectivity index (χ3n) is 1.92. The van der Waals surface area contributed by atoms with Gasteiger partial charge in [0, 0.05) is 17.4 Å². The molecule has 0 fully saturated rings. The van der Waals surface area contributed by atoms with Gasteiger partial charge in [-0.15, -0.1) is 11.3 Å². The Bertz CT molecular complexity index is 463. The molecular formula is C9H9Br2N3OS. The van der Waals surface area contributed by atoms with E-state index in [1.54, 1.807) is 11.3 Å². The van der Waals surface area contributed by atoms with E-state index in [0.29, 0.717) is 5.89 Å². The highest BCUT2D eigenvalue weighted by Gasteiger charge is 2.13. The van der Waals surface area contributed by atoms with Crippen molar-refractivity contribution in [3.63, 3.8) is 0 Å². The number of hydrogen-bond acceptors (Lipinski definition) is 5. The zero-order valence-electron chi connectivity index (χ0n) is 8.46. The number of nitrogens with one attached hydrogen (secondary N) is 1. The molecule has 0 aliphatic carbocycles. The van der Waals surface area contributed by atoms with Crippen LogP contribution in [-0.2, 0) is 6.42 Å². The predicted molar refractivity (Wildman–Crippen MR) is 70.6 cm³/mol. The lowest BCUT2D eigenvalue weighted by molar-refractivity contribution is 0.423. The van der Waals surface area contributed by atoms with E-state index in [4.69, 9.17) is 4.52 Å². The molecular weight excluding hydrogens is 358 g/mol. The van der Waals surface area contributed by atoms with Crippen molar-refractivity contribution in [2.45, 2.75) is 6.42 Å². The monoisotopic (exact) mass is 365 g/mol. The first-order valence-corrected chi connectivity index (χ1v) is 7.03. The first-order valence-electron chi connectivity index (χ1n) is 4.63. The van der Waals surface area contributed by atoms with Crippen LogP contribution in [0.1, 0.15) is 5.82 Å². The smallest absolute Gasteiger partial charge is 0.268 e. The summed E-state index contributed by atoms with van der Waals surface area (Å²) in [6, 6.07) is 1.96. The van der Waals surface area contributed by atoms with Gasteiger partial charge >= 0.3 is 0 Å². The fraction of sp³-hybridized carbons (Fsp3) is 0.333. The van der Waals surface area contributed by atoms with Crippen molar-refractivity contribution in [2.24, 2.45) is 0 Å². The van der Waals surface area contributed by atoms with Gasteiger partial charge in [0.25, 0.3) is 5.89 Å². The van der Waals surface area contributed by atoms with E-state index in [0.717, 1.165) is 31.9 Å². The van der Waals surface area contributed by atoms with E-state index < -0.39 is 0 Å². The summed E-state index contributed by atoms with van der Waals surface area (Å²) in [5, 5.41) is 6.96. The number of thiophene rings is 1. The molecule has 0 radical (unpaired) electrons. The lowest BCUT2D eigenvalue weighted by Crippen LogP contribution is -2.10. The van der Waals surface area contributed by atoms with Crippen LogP contribution in [0.4, 0.5) is 0 Å². The quantitative estimate of drug-likeness (QED) is 0.903. The summed E-state index contributed by atoms with van der Waals surface area (Å²) < 4.78 is 7.22. The van der Waals surface area contributed by atoms with E-state index in [1.807, 2.05) is 13.1 Å². The third kappa shape index (κ3) is 2.71. The molecule has 2 heterocycles. The highest BCUT2D eigenvalue weighted by Crippen LogP contribution is 2.37. The lowest BCUT2D eigenvalue weighted by Gasteiger charge is -1.90. The minimum atomic E-state index is 0.572. The Morgan fingerprint density at radius 3 is 2.94 bits per heavy atom. The summed E-state index contributed by atoms with van der Waals surface area (Å²) in [4.78, 5) is 5.28. The van der Waals surface area contributed by atoms with Crippen molar-refractivity contribution in [2.75, 3.05) is 13.6 Å². The van der Waals surface area contributed by atoms with Crippen LogP contribution in [0.15, 0.2) is 18.8 Å². The molecule has 0 unspecified atom stereocenters. The first-order chi connectivity index (χ1) is 7.70. The summed E-state index contributed by atoms with van der Waals surface area (Å²) >= 11 is 8.42. The molecule has 0 aliphatic heterocycles. The number of likely N-dealkylation sites (N-methyl/N-ethyl adjacent to an activating group) is 1. The van der Waals surface area contributed by atoms with Crippen LogP contribution in [0.25, 0.3) is 10.8 Å². The number of aromatic nitrogens is 2. The Morgan fingerprint density at radius 1 is 1.50 bits per heavy atom. The Labute approximate surface area is 114 Å². The molecule has 0 aliphatic rings. The number of nitrogens with zero attached hydrogens (tertiary/aromatic N) is 2. The van der Waals surface area contributed by atoms with Crippen molar-refractivity contribution in [3.8, 4) is 10.8 Å². The maximum absolute atomic E-state index is 5.20. The molecule has 0 bridgehead atoms. The minimum absolute atomic E-state index is 0.572. The highest BCUT2D eigenvalue weighted by molar-refractivity contribution is 9.13. The minimum Gasteiger partial charge on any atom is -0.333 e. The molecule has 2 aromatic heterocycles. The van der Waals surface area contributed by atoms with Crippen LogP contribution in [-0.4, -0.2) is 23.7 Å². The predicted octanol–water partition coefficient (Wildman–Crippen LogP) is 3.09. The van der Waals surface area contributed by atoms with Gasteiger partial charge in [0.05, 0.1) is 8.66 Å². The van der Waals surface area contributed by atoms with Crippen LogP contribution in [0, 0.1) is 0 Å². The second-order valence-electron chi connectivity index (χ2n) is 3.10. The molecule has 0 saturated carbocycles. The van der Waals surface area contributed by atoms with Gasteiger partial charge in [-0.05, 0) is 45.0 Å². The summed E-state index contributed by atoms with van der Waals surface area (Å²) in [7, 11) is 1.90. The van der Waals surface area contributed by atoms with Gasteiger partial charge in [-0.25, -0.2) is 0 Å². The van der Waals surface area contributed by atoms with Gasteiger partial charge in [0.15, 0.2) is 5.82 Å². The van der Waals surface area contributed by atoms with Crippen LogP contribution in [0.3, 0.4) is 0 Å². The van der Waals surface area contributed by atoms with Crippen molar-refractivity contribution < 1.29 is 4.52 Å². The summed E-state index contributed by atoms with van der Waals surface area (Å²) in [5.41, 5.74) is 0. The van der Waals surface area contributed by atoms with Gasteiger partial charge in [-0.2, -0.15) is 4.98 Å². The molecule has 2 aromatic rings. The van der Waals surface area contributed by atoms with Gasteiger partial charge < -0.3 is 9.84 Å². The molecule has 86 valence electrons. The molecule has 1 N–H and O–H groups in total. The van der Waals surface area contributed by atoms with Crippen LogP contribution < -0.4 is 5.32 Å². The molecule has 7 heteroatoms.